The number of allylic oxidation sites excluding steroid dienone is 3. The fraction of sp³-hybridized carbons (Fsp3) is 0.750. The molecule has 0 aromatic carbocycles. The summed E-state index contributed by atoms with van der Waals surface area (Å²) < 4.78 is 0. The summed E-state index contributed by atoms with van der Waals surface area (Å²) in [5.74, 6) is 1.66. The molecule has 0 saturated heterocycles. The van der Waals surface area contributed by atoms with Crippen LogP contribution in [-0.4, -0.2) is 13.9 Å². The van der Waals surface area contributed by atoms with Crippen LogP contribution < -0.4 is 0 Å². The third-order valence-corrected chi connectivity index (χ3v) is 13.2. The number of carbonyl (C=O) groups excluding carboxylic acids is 1. The summed E-state index contributed by atoms with van der Waals surface area (Å²) in [6.07, 6.45) is 4.33. The maximum Gasteiger partial charge on any atom is 0.140 e. The molecule has 0 amide bonds. The zero-order valence-electron chi connectivity index (χ0n) is 15.8. The zero-order valence-corrected chi connectivity index (χ0v) is 16.8. The molecular formula is C20H34OSi. The van der Waals surface area contributed by atoms with E-state index in [1.54, 1.807) is 5.20 Å². The molecule has 22 heavy (non-hydrogen) atoms. The van der Waals surface area contributed by atoms with E-state index in [1.807, 2.05) is 0 Å². The SMILES string of the molecule is C=C(C)[C@H]1CC(=O)[C@@]2(C)[C@H](C=C([Si](C)(C)C(C)(C)C)[C@H]2C)C1. The smallest absolute Gasteiger partial charge is 0.140 e. The Morgan fingerprint density at radius 2 is 1.91 bits per heavy atom. The van der Waals surface area contributed by atoms with Crippen molar-refractivity contribution in [2.45, 2.75) is 72.5 Å². The molecule has 0 bridgehead atoms. The van der Waals surface area contributed by atoms with Crippen LogP contribution in [0.5, 0.6) is 0 Å². The normalized spacial score (nSPS) is 36.1. The van der Waals surface area contributed by atoms with Crippen molar-refractivity contribution in [2.24, 2.45) is 23.2 Å². The molecule has 2 rings (SSSR count). The Morgan fingerprint density at radius 1 is 1.36 bits per heavy atom. The standard InChI is InChI=1S/C20H34OSi/c1-13(2)15-10-16-12-17(22(8,9)19(4,5)6)14(3)20(16,7)18(21)11-15/h12,14-16H,1,10-11H2,2-9H3/t14-,15-,16+,20-/m1/s1. The van der Waals surface area contributed by atoms with E-state index in [2.05, 4.69) is 67.3 Å². The fourth-order valence-corrected chi connectivity index (χ4v) is 7.20. The zero-order chi connectivity index (χ0) is 17.1. The average Bonchev–Trinajstić information content (AvgIpc) is 2.63. The van der Waals surface area contributed by atoms with Crippen molar-refractivity contribution in [1.29, 1.82) is 0 Å². The highest BCUT2D eigenvalue weighted by atomic mass is 28.3. The monoisotopic (exact) mass is 318 g/mol. The summed E-state index contributed by atoms with van der Waals surface area (Å²) in [5, 5.41) is 1.96. The van der Waals surface area contributed by atoms with Crippen LogP contribution in [0.15, 0.2) is 23.4 Å². The van der Waals surface area contributed by atoms with Gasteiger partial charge in [-0.05, 0) is 36.1 Å². The van der Waals surface area contributed by atoms with Crippen molar-refractivity contribution in [3.63, 3.8) is 0 Å². The summed E-state index contributed by atoms with van der Waals surface area (Å²) in [7, 11) is -1.56. The number of Topliss-reactive ketones (excluding diaryl/α,β-unsaturated/α-hetero) is 1. The first-order valence-electron chi connectivity index (χ1n) is 8.74. The highest BCUT2D eigenvalue weighted by Crippen LogP contribution is 2.58. The number of fused-ring (bicyclic) bond motifs is 1. The third kappa shape index (κ3) is 2.38. The molecule has 4 atom stereocenters. The molecule has 124 valence electrons. The molecule has 2 aliphatic carbocycles. The molecule has 1 saturated carbocycles. The van der Waals surface area contributed by atoms with E-state index in [4.69, 9.17) is 0 Å². The van der Waals surface area contributed by atoms with Gasteiger partial charge in [-0.1, -0.05) is 71.1 Å². The van der Waals surface area contributed by atoms with Gasteiger partial charge >= 0.3 is 0 Å². The van der Waals surface area contributed by atoms with E-state index in [-0.39, 0.29) is 5.41 Å². The van der Waals surface area contributed by atoms with Gasteiger partial charge in [0.05, 0.1) is 8.07 Å². The van der Waals surface area contributed by atoms with Crippen LogP contribution in [0.4, 0.5) is 0 Å². The highest BCUT2D eigenvalue weighted by Gasteiger charge is 2.57. The summed E-state index contributed by atoms with van der Waals surface area (Å²) in [6, 6.07) is 0. The van der Waals surface area contributed by atoms with Crippen molar-refractivity contribution < 1.29 is 4.79 Å². The lowest BCUT2D eigenvalue weighted by Crippen LogP contribution is -2.47. The van der Waals surface area contributed by atoms with Crippen LogP contribution in [0.3, 0.4) is 0 Å². The first-order valence-corrected chi connectivity index (χ1v) is 11.7. The number of hydrogen-bond donors (Lipinski definition) is 0. The predicted octanol–water partition coefficient (Wildman–Crippen LogP) is 5.79. The van der Waals surface area contributed by atoms with Crippen molar-refractivity contribution in [3.8, 4) is 0 Å². The lowest BCUT2D eigenvalue weighted by Gasteiger charge is -2.45. The maximum atomic E-state index is 13.0. The highest BCUT2D eigenvalue weighted by molar-refractivity contribution is 6.87. The fourth-order valence-electron chi connectivity index (χ4n) is 4.33. The third-order valence-electron chi connectivity index (χ3n) is 7.38. The molecule has 2 heteroatoms. The van der Waals surface area contributed by atoms with E-state index in [0.717, 1.165) is 6.42 Å². The Hall–Kier alpha value is -0.633. The molecule has 0 radical (unpaired) electrons. The van der Waals surface area contributed by atoms with Crippen molar-refractivity contribution >= 4 is 13.9 Å². The molecule has 0 spiro atoms. The Balaban J connectivity index is 2.45. The maximum absolute atomic E-state index is 13.0. The first kappa shape index (κ1) is 17.7. The lowest BCUT2D eigenvalue weighted by atomic mass is 9.61. The van der Waals surface area contributed by atoms with Crippen LogP contribution in [0.25, 0.3) is 0 Å². The van der Waals surface area contributed by atoms with Gasteiger partial charge in [-0.25, -0.2) is 0 Å². The van der Waals surface area contributed by atoms with E-state index in [1.165, 1.54) is 5.57 Å². The molecule has 0 unspecified atom stereocenters. The van der Waals surface area contributed by atoms with Gasteiger partial charge in [0, 0.05) is 11.8 Å². The number of carbonyl (C=O) groups is 1. The summed E-state index contributed by atoms with van der Waals surface area (Å²) >= 11 is 0. The number of hydrogen-bond acceptors (Lipinski definition) is 1. The topological polar surface area (TPSA) is 17.1 Å². The van der Waals surface area contributed by atoms with Gasteiger partial charge in [-0.2, -0.15) is 0 Å². The summed E-state index contributed by atoms with van der Waals surface area (Å²) in [5.41, 5.74) is 1.01. The minimum Gasteiger partial charge on any atom is -0.299 e. The summed E-state index contributed by atoms with van der Waals surface area (Å²) in [4.78, 5) is 13.0. The van der Waals surface area contributed by atoms with E-state index < -0.39 is 8.07 Å². The van der Waals surface area contributed by atoms with Crippen molar-refractivity contribution in [3.05, 3.63) is 23.4 Å². The molecule has 0 aromatic heterocycles. The molecule has 0 aliphatic heterocycles. The van der Waals surface area contributed by atoms with Crippen LogP contribution >= 0.6 is 0 Å². The number of rotatable bonds is 2. The molecule has 0 heterocycles. The minimum absolute atomic E-state index is 0.170. The van der Waals surface area contributed by atoms with E-state index >= 15 is 0 Å². The molecule has 0 aromatic rings. The first-order chi connectivity index (χ1) is 9.83. The Labute approximate surface area is 138 Å². The number of ketones is 1. The van der Waals surface area contributed by atoms with Gasteiger partial charge in [0.2, 0.25) is 0 Å². The average molecular weight is 319 g/mol. The van der Waals surface area contributed by atoms with Crippen LogP contribution in [0, 0.1) is 23.2 Å². The van der Waals surface area contributed by atoms with E-state index in [0.29, 0.717) is 35.0 Å². The minimum atomic E-state index is -1.56. The van der Waals surface area contributed by atoms with E-state index in [9.17, 15) is 4.79 Å². The van der Waals surface area contributed by atoms with Gasteiger partial charge in [0.1, 0.15) is 5.78 Å². The quantitative estimate of drug-likeness (QED) is 0.465. The van der Waals surface area contributed by atoms with Gasteiger partial charge in [0.15, 0.2) is 0 Å². The van der Waals surface area contributed by atoms with Crippen molar-refractivity contribution in [1.82, 2.24) is 0 Å². The lowest BCUT2D eigenvalue weighted by molar-refractivity contribution is -0.135. The second-order valence-electron chi connectivity index (χ2n) is 9.51. The largest absolute Gasteiger partial charge is 0.299 e. The Bertz CT molecular complexity index is 534. The van der Waals surface area contributed by atoms with Crippen LogP contribution in [0.2, 0.25) is 18.1 Å². The second-order valence-corrected chi connectivity index (χ2v) is 14.8. The second kappa shape index (κ2) is 5.19. The van der Waals surface area contributed by atoms with Gasteiger partial charge in [-0.3, -0.25) is 4.79 Å². The van der Waals surface area contributed by atoms with Crippen molar-refractivity contribution in [2.75, 3.05) is 0 Å². The van der Waals surface area contributed by atoms with Gasteiger partial charge < -0.3 is 0 Å². The summed E-state index contributed by atoms with van der Waals surface area (Å²) in [6.45, 7) is 22.8. The van der Waals surface area contributed by atoms with Crippen LogP contribution in [-0.2, 0) is 4.79 Å². The molecule has 1 fully saturated rings. The Kier molecular flexibility index (Phi) is 4.18. The predicted molar refractivity (Wildman–Crippen MR) is 98.6 cm³/mol. The van der Waals surface area contributed by atoms with Gasteiger partial charge in [-0.15, -0.1) is 0 Å². The van der Waals surface area contributed by atoms with Crippen LogP contribution in [0.1, 0.15) is 54.4 Å². The Morgan fingerprint density at radius 3 is 2.36 bits per heavy atom. The van der Waals surface area contributed by atoms with Gasteiger partial charge in [0.25, 0.3) is 0 Å². The molecular weight excluding hydrogens is 284 g/mol. The molecule has 1 nitrogen and oxygen atoms in total. The molecule has 0 N–H and O–H groups in total. The molecule has 2 aliphatic rings.